The van der Waals surface area contributed by atoms with Crippen LogP contribution < -0.4 is 0 Å². The zero-order chi connectivity index (χ0) is 8.32. The van der Waals surface area contributed by atoms with Crippen LogP contribution in [0.4, 0.5) is 0 Å². The summed E-state index contributed by atoms with van der Waals surface area (Å²) in [7, 11) is 0. The molecule has 0 heteroatoms. The zero-order valence-electron chi connectivity index (χ0n) is 8.32. The van der Waals surface area contributed by atoms with Crippen molar-refractivity contribution < 1.29 is 0 Å². The summed E-state index contributed by atoms with van der Waals surface area (Å²) in [5, 5.41) is 0. The second kappa shape index (κ2) is 3.60. The van der Waals surface area contributed by atoms with E-state index < -0.39 is 0 Å². The second-order valence-corrected chi connectivity index (χ2v) is 4.01. The topological polar surface area (TPSA) is 0 Å². The Kier molecular flexibility index (Phi) is 2.98. The van der Waals surface area contributed by atoms with Crippen molar-refractivity contribution in [1.82, 2.24) is 0 Å². The van der Waals surface area contributed by atoms with Gasteiger partial charge in [0.2, 0.25) is 0 Å². The van der Waals surface area contributed by atoms with E-state index in [2.05, 4.69) is 6.92 Å². The molecule has 0 heterocycles. The monoisotopic (exact) mass is 154 g/mol. The molecule has 11 heavy (non-hydrogen) atoms. The fourth-order valence-corrected chi connectivity index (χ4v) is 2.69. The molecule has 0 aliphatic heterocycles. The Hall–Kier alpha value is 0. The van der Waals surface area contributed by atoms with Crippen LogP contribution in [0.15, 0.2) is 0 Å². The van der Waals surface area contributed by atoms with Gasteiger partial charge in [0.15, 0.2) is 0 Å². The summed E-state index contributed by atoms with van der Waals surface area (Å²) >= 11 is 0. The van der Waals surface area contributed by atoms with Gasteiger partial charge < -0.3 is 0 Å². The summed E-state index contributed by atoms with van der Waals surface area (Å²) in [6.45, 7) is 6.45. The quantitative estimate of drug-likeness (QED) is 0.494. The largest absolute Gasteiger partial charge is 0.0683 e. The lowest BCUT2D eigenvalue weighted by Gasteiger charge is -2.42. The summed E-state index contributed by atoms with van der Waals surface area (Å²) in [6, 6.07) is 0. The molecule has 1 unspecified atom stereocenters. The van der Waals surface area contributed by atoms with Gasteiger partial charge in [0, 0.05) is 0 Å². The standard InChI is InChI=1S/C9H16.C2H6/c1-8-4-2-5-9(8)6-3-7-9;1-2/h8H,2-7H2,1H3;1-2H3. The molecule has 0 bridgehead atoms. The number of rotatable bonds is 0. The molecule has 2 saturated carbocycles. The van der Waals surface area contributed by atoms with Gasteiger partial charge in [-0.15, -0.1) is 0 Å². The zero-order valence-corrected chi connectivity index (χ0v) is 8.32. The van der Waals surface area contributed by atoms with Crippen molar-refractivity contribution in [2.45, 2.75) is 59.3 Å². The third kappa shape index (κ3) is 1.45. The van der Waals surface area contributed by atoms with E-state index in [9.17, 15) is 0 Å². The summed E-state index contributed by atoms with van der Waals surface area (Å²) in [5.74, 6) is 1.06. The molecule has 0 N–H and O–H groups in total. The third-order valence-electron chi connectivity index (χ3n) is 3.71. The van der Waals surface area contributed by atoms with Crippen LogP contribution in [0.25, 0.3) is 0 Å². The van der Waals surface area contributed by atoms with Crippen LogP contribution in [0.5, 0.6) is 0 Å². The van der Waals surface area contributed by atoms with E-state index in [1.54, 1.807) is 19.3 Å². The van der Waals surface area contributed by atoms with Gasteiger partial charge in [-0.2, -0.15) is 0 Å². The van der Waals surface area contributed by atoms with Gasteiger partial charge in [0.1, 0.15) is 0 Å². The highest BCUT2D eigenvalue weighted by Crippen LogP contribution is 2.56. The van der Waals surface area contributed by atoms with Crippen molar-refractivity contribution in [1.29, 1.82) is 0 Å². The van der Waals surface area contributed by atoms with Crippen LogP contribution in [-0.2, 0) is 0 Å². The Labute approximate surface area is 71.4 Å². The molecule has 0 saturated heterocycles. The normalized spacial score (nSPS) is 32.5. The predicted molar refractivity (Wildman–Crippen MR) is 50.6 cm³/mol. The van der Waals surface area contributed by atoms with Crippen molar-refractivity contribution in [3.63, 3.8) is 0 Å². The average Bonchev–Trinajstić information content (AvgIpc) is 2.34. The molecule has 1 spiro atoms. The lowest BCUT2D eigenvalue weighted by Crippen LogP contribution is -2.31. The summed E-state index contributed by atoms with van der Waals surface area (Å²) in [6.07, 6.45) is 9.20. The molecule has 2 aliphatic rings. The van der Waals surface area contributed by atoms with Crippen molar-refractivity contribution in [2.24, 2.45) is 11.3 Å². The molecule has 2 fully saturated rings. The van der Waals surface area contributed by atoms with Crippen molar-refractivity contribution in [3.8, 4) is 0 Å². The molecule has 0 nitrogen and oxygen atoms in total. The summed E-state index contributed by atoms with van der Waals surface area (Å²) in [4.78, 5) is 0. The highest BCUT2D eigenvalue weighted by molar-refractivity contribution is 4.95. The van der Waals surface area contributed by atoms with Gasteiger partial charge >= 0.3 is 0 Å². The van der Waals surface area contributed by atoms with E-state index in [4.69, 9.17) is 0 Å². The first-order chi connectivity index (χ1) is 5.33. The molecule has 1 atom stereocenters. The van der Waals surface area contributed by atoms with E-state index in [0.29, 0.717) is 0 Å². The molecule has 66 valence electrons. The Bertz CT molecular complexity index is 111. The number of hydrogen-bond acceptors (Lipinski definition) is 0. The van der Waals surface area contributed by atoms with Crippen LogP contribution in [0.2, 0.25) is 0 Å². The highest BCUT2D eigenvalue weighted by Gasteiger charge is 2.44. The molecular formula is C11H22. The first-order valence-electron chi connectivity index (χ1n) is 5.33. The third-order valence-corrected chi connectivity index (χ3v) is 3.71. The molecule has 0 aromatic rings. The first kappa shape index (κ1) is 9.09. The van der Waals surface area contributed by atoms with Crippen LogP contribution >= 0.6 is 0 Å². The molecule has 0 aromatic heterocycles. The molecule has 0 radical (unpaired) electrons. The Morgan fingerprint density at radius 1 is 1.00 bits per heavy atom. The lowest BCUT2D eigenvalue weighted by atomic mass is 9.63. The van der Waals surface area contributed by atoms with Crippen molar-refractivity contribution in [2.75, 3.05) is 0 Å². The molecule has 2 rings (SSSR count). The second-order valence-electron chi connectivity index (χ2n) is 4.01. The minimum Gasteiger partial charge on any atom is -0.0683 e. The average molecular weight is 154 g/mol. The number of hydrogen-bond donors (Lipinski definition) is 0. The maximum absolute atomic E-state index is 2.45. The summed E-state index contributed by atoms with van der Waals surface area (Å²) in [5.41, 5.74) is 0.875. The van der Waals surface area contributed by atoms with Gasteiger partial charge in [-0.05, 0) is 30.6 Å². The van der Waals surface area contributed by atoms with Gasteiger partial charge in [-0.3, -0.25) is 0 Å². The van der Waals surface area contributed by atoms with E-state index >= 15 is 0 Å². The maximum Gasteiger partial charge on any atom is -0.0272 e. The predicted octanol–water partition coefficient (Wildman–Crippen LogP) is 4.00. The lowest BCUT2D eigenvalue weighted by molar-refractivity contribution is 0.0886. The summed E-state index contributed by atoms with van der Waals surface area (Å²) < 4.78 is 0. The van der Waals surface area contributed by atoms with Gasteiger partial charge in [-0.1, -0.05) is 40.0 Å². The van der Waals surface area contributed by atoms with Crippen LogP contribution in [0, 0.1) is 11.3 Å². The highest BCUT2D eigenvalue weighted by atomic mass is 14.5. The maximum atomic E-state index is 2.45. The van der Waals surface area contributed by atoms with E-state index in [1.807, 2.05) is 13.8 Å². The molecule has 0 aromatic carbocycles. The van der Waals surface area contributed by atoms with Gasteiger partial charge in [-0.25, -0.2) is 0 Å². The molecule has 0 amide bonds. The molecular weight excluding hydrogens is 132 g/mol. The Balaban J connectivity index is 0.000000281. The van der Waals surface area contributed by atoms with E-state index in [0.717, 1.165) is 11.3 Å². The van der Waals surface area contributed by atoms with Crippen LogP contribution in [0.1, 0.15) is 59.3 Å². The fourth-order valence-electron chi connectivity index (χ4n) is 2.69. The van der Waals surface area contributed by atoms with E-state index in [1.165, 1.54) is 19.3 Å². The fraction of sp³-hybridized carbons (Fsp3) is 1.00. The van der Waals surface area contributed by atoms with Gasteiger partial charge in [0.25, 0.3) is 0 Å². The minimum atomic E-state index is 0.875. The van der Waals surface area contributed by atoms with Crippen molar-refractivity contribution in [3.05, 3.63) is 0 Å². The first-order valence-corrected chi connectivity index (χ1v) is 5.33. The Morgan fingerprint density at radius 2 is 1.55 bits per heavy atom. The SMILES string of the molecule is CC.CC1CCCC12CCC2. The minimum absolute atomic E-state index is 0.875. The Morgan fingerprint density at radius 3 is 1.73 bits per heavy atom. The van der Waals surface area contributed by atoms with Gasteiger partial charge in [0.05, 0.1) is 0 Å². The smallest absolute Gasteiger partial charge is 0.0272 e. The van der Waals surface area contributed by atoms with Crippen molar-refractivity contribution >= 4 is 0 Å². The van der Waals surface area contributed by atoms with E-state index in [-0.39, 0.29) is 0 Å². The van der Waals surface area contributed by atoms with Crippen LogP contribution in [0.3, 0.4) is 0 Å². The molecule has 2 aliphatic carbocycles. The van der Waals surface area contributed by atoms with Crippen LogP contribution in [-0.4, -0.2) is 0 Å².